The number of hydrogen-bond acceptors (Lipinski definition) is 7. The molecule has 0 spiro atoms. The SMILES string of the molecule is CCN(CC)S(=O)(=O)c1cccc(C(CC#N)n2cc(-c3ncnc4[nH]ccc34)cn2)c1.O=C(O)C(F)(F)F. The molecule has 0 fully saturated rings. The number of hydrogen-bond donors (Lipinski definition) is 2. The van der Waals surface area contributed by atoms with E-state index in [0.29, 0.717) is 18.7 Å². The van der Waals surface area contributed by atoms with Gasteiger partial charge in [-0.3, -0.25) is 4.68 Å². The number of alkyl halides is 3. The molecule has 0 saturated heterocycles. The summed E-state index contributed by atoms with van der Waals surface area (Å²) in [6, 6.07) is 10.4. The van der Waals surface area contributed by atoms with Crippen LogP contribution in [-0.4, -0.2) is 67.8 Å². The Morgan fingerprint density at radius 2 is 1.92 bits per heavy atom. The number of aromatic amines is 1. The standard InChI is InChI=1S/C22H23N7O2S.C2HF3O2/c1-3-28(4-2)32(30,31)18-7-5-6-16(12-18)20(8-10-23)29-14-17(13-27-29)21-19-9-11-24-22(19)26-15-25-21;3-2(4,5)1(6)7/h5-7,9,11-15,20H,3-4,8H2,1-2H3,(H,24,25,26);(H,6,7). The van der Waals surface area contributed by atoms with Gasteiger partial charge in [-0.1, -0.05) is 26.0 Å². The monoisotopic (exact) mass is 563 g/mol. The zero-order valence-corrected chi connectivity index (χ0v) is 21.6. The molecule has 1 atom stereocenters. The van der Waals surface area contributed by atoms with Gasteiger partial charge < -0.3 is 10.1 Å². The molecule has 1 unspecified atom stereocenters. The van der Waals surface area contributed by atoms with Crippen molar-refractivity contribution in [3.63, 3.8) is 0 Å². The number of benzene rings is 1. The fraction of sp³-hybridized carbons (Fsp3) is 0.292. The Morgan fingerprint density at radius 3 is 2.54 bits per heavy atom. The van der Waals surface area contributed by atoms with E-state index in [0.717, 1.165) is 22.3 Å². The molecule has 0 aliphatic heterocycles. The van der Waals surface area contributed by atoms with E-state index in [1.807, 2.05) is 32.2 Å². The van der Waals surface area contributed by atoms with Gasteiger partial charge in [0.15, 0.2) is 0 Å². The van der Waals surface area contributed by atoms with Crippen molar-refractivity contribution in [2.45, 2.75) is 37.4 Å². The van der Waals surface area contributed by atoms with E-state index in [2.05, 4.69) is 26.1 Å². The minimum atomic E-state index is -5.08. The lowest BCUT2D eigenvalue weighted by Gasteiger charge is -2.20. The molecule has 206 valence electrons. The number of nitrogens with one attached hydrogen (secondary N) is 1. The maximum atomic E-state index is 13.0. The number of halogens is 3. The Kier molecular flexibility index (Phi) is 9.04. The number of nitrogens with zero attached hydrogens (tertiary/aromatic N) is 6. The number of sulfonamides is 1. The highest BCUT2D eigenvalue weighted by molar-refractivity contribution is 7.89. The van der Waals surface area contributed by atoms with Crippen molar-refractivity contribution in [3.05, 3.63) is 60.8 Å². The molecule has 0 amide bonds. The van der Waals surface area contributed by atoms with Gasteiger partial charge in [0.25, 0.3) is 0 Å². The van der Waals surface area contributed by atoms with Gasteiger partial charge in [0, 0.05) is 36.4 Å². The molecule has 3 heterocycles. The van der Waals surface area contributed by atoms with Crippen LogP contribution in [0.4, 0.5) is 13.2 Å². The van der Waals surface area contributed by atoms with Gasteiger partial charge >= 0.3 is 12.1 Å². The van der Waals surface area contributed by atoms with Crippen molar-refractivity contribution in [2.24, 2.45) is 0 Å². The van der Waals surface area contributed by atoms with Gasteiger partial charge in [0.2, 0.25) is 10.0 Å². The van der Waals surface area contributed by atoms with Crippen LogP contribution in [-0.2, 0) is 14.8 Å². The van der Waals surface area contributed by atoms with Crippen LogP contribution < -0.4 is 0 Å². The molecule has 15 heteroatoms. The molecule has 0 aliphatic rings. The molecule has 3 aromatic heterocycles. The molecule has 4 rings (SSSR count). The van der Waals surface area contributed by atoms with Gasteiger partial charge in [-0.05, 0) is 23.8 Å². The van der Waals surface area contributed by atoms with E-state index in [4.69, 9.17) is 9.90 Å². The molecule has 39 heavy (non-hydrogen) atoms. The van der Waals surface area contributed by atoms with E-state index in [1.165, 1.54) is 10.6 Å². The second-order valence-electron chi connectivity index (χ2n) is 8.01. The molecule has 4 aromatic rings. The molecular formula is C24H24F3N7O4S. The first-order valence-electron chi connectivity index (χ1n) is 11.5. The molecule has 11 nitrogen and oxygen atoms in total. The van der Waals surface area contributed by atoms with Crippen LogP contribution in [0, 0.1) is 11.3 Å². The van der Waals surface area contributed by atoms with Crippen LogP contribution in [0.1, 0.15) is 31.9 Å². The molecule has 0 saturated carbocycles. The Morgan fingerprint density at radius 1 is 1.23 bits per heavy atom. The van der Waals surface area contributed by atoms with E-state index >= 15 is 0 Å². The maximum Gasteiger partial charge on any atom is 0.490 e. The normalized spacial score (nSPS) is 12.5. The highest BCUT2D eigenvalue weighted by atomic mass is 32.2. The second kappa shape index (κ2) is 12.0. The predicted octanol–water partition coefficient (Wildman–Crippen LogP) is 3.99. The van der Waals surface area contributed by atoms with Crippen molar-refractivity contribution in [2.75, 3.05) is 13.1 Å². The first-order chi connectivity index (χ1) is 18.4. The lowest BCUT2D eigenvalue weighted by Crippen LogP contribution is -2.30. The summed E-state index contributed by atoms with van der Waals surface area (Å²) in [5.74, 6) is -2.76. The van der Waals surface area contributed by atoms with Crippen LogP contribution in [0.5, 0.6) is 0 Å². The summed E-state index contributed by atoms with van der Waals surface area (Å²) < 4.78 is 60.8. The van der Waals surface area contributed by atoms with Crippen LogP contribution in [0.2, 0.25) is 0 Å². The number of aromatic nitrogens is 5. The lowest BCUT2D eigenvalue weighted by atomic mass is 10.0. The summed E-state index contributed by atoms with van der Waals surface area (Å²) in [6.07, 6.45) is 1.85. The quantitative estimate of drug-likeness (QED) is 0.326. The van der Waals surface area contributed by atoms with Crippen LogP contribution in [0.15, 0.2) is 60.1 Å². The average molecular weight is 564 g/mol. The highest BCUT2D eigenvalue weighted by Crippen LogP contribution is 2.29. The topological polar surface area (TPSA) is 158 Å². The first-order valence-corrected chi connectivity index (χ1v) is 13.0. The summed E-state index contributed by atoms with van der Waals surface area (Å²) in [5.41, 5.74) is 2.94. The van der Waals surface area contributed by atoms with E-state index in [-0.39, 0.29) is 11.3 Å². The highest BCUT2D eigenvalue weighted by Gasteiger charge is 2.38. The van der Waals surface area contributed by atoms with Crippen molar-refractivity contribution >= 4 is 27.0 Å². The zero-order chi connectivity index (χ0) is 28.8. The molecule has 0 aliphatic carbocycles. The number of carboxylic acid groups (broad SMARTS) is 1. The second-order valence-corrected chi connectivity index (χ2v) is 9.95. The zero-order valence-electron chi connectivity index (χ0n) is 20.8. The lowest BCUT2D eigenvalue weighted by molar-refractivity contribution is -0.192. The predicted molar refractivity (Wildman–Crippen MR) is 134 cm³/mol. The summed E-state index contributed by atoms with van der Waals surface area (Å²) in [7, 11) is -3.61. The first kappa shape index (κ1) is 29.3. The Labute approximate surface area is 221 Å². The van der Waals surface area contributed by atoms with Crippen LogP contribution in [0.3, 0.4) is 0 Å². The minimum Gasteiger partial charge on any atom is -0.475 e. The van der Waals surface area contributed by atoms with Crippen molar-refractivity contribution in [3.8, 4) is 17.3 Å². The van der Waals surface area contributed by atoms with Gasteiger partial charge in [-0.2, -0.15) is 27.8 Å². The van der Waals surface area contributed by atoms with E-state index < -0.39 is 28.2 Å². The van der Waals surface area contributed by atoms with Crippen LogP contribution in [0.25, 0.3) is 22.3 Å². The summed E-state index contributed by atoms with van der Waals surface area (Å²) in [5, 5.41) is 21.9. The van der Waals surface area contributed by atoms with E-state index in [1.54, 1.807) is 35.3 Å². The molecule has 0 bridgehead atoms. The molecular weight excluding hydrogens is 539 g/mol. The summed E-state index contributed by atoms with van der Waals surface area (Å²) in [6.45, 7) is 4.39. The fourth-order valence-electron chi connectivity index (χ4n) is 3.78. The van der Waals surface area contributed by atoms with Gasteiger partial charge in [0.05, 0.1) is 35.3 Å². The maximum absolute atomic E-state index is 13.0. The molecule has 0 radical (unpaired) electrons. The Bertz CT molecular complexity index is 1590. The fourth-order valence-corrected chi connectivity index (χ4v) is 5.29. The molecule has 2 N–H and O–H groups in total. The Balaban J connectivity index is 0.000000532. The minimum absolute atomic E-state index is 0.138. The summed E-state index contributed by atoms with van der Waals surface area (Å²) >= 11 is 0. The van der Waals surface area contributed by atoms with Crippen molar-refractivity contribution in [1.82, 2.24) is 29.0 Å². The number of fused-ring (bicyclic) bond motifs is 1. The van der Waals surface area contributed by atoms with Crippen molar-refractivity contribution in [1.29, 1.82) is 5.26 Å². The number of nitriles is 1. The number of carbonyl (C=O) groups is 1. The van der Waals surface area contributed by atoms with Gasteiger partial charge in [-0.15, -0.1) is 0 Å². The van der Waals surface area contributed by atoms with Crippen LogP contribution >= 0.6 is 0 Å². The van der Waals surface area contributed by atoms with Gasteiger partial charge in [-0.25, -0.2) is 23.2 Å². The van der Waals surface area contributed by atoms with Crippen molar-refractivity contribution < 1.29 is 31.5 Å². The smallest absolute Gasteiger partial charge is 0.475 e. The third-order valence-corrected chi connectivity index (χ3v) is 7.71. The number of rotatable bonds is 8. The van der Waals surface area contributed by atoms with Gasteiger partial charge in [0.1, 0.15) is 12.0 Å². The average Bonchev–Trinajstić information content (AvgIpc) is 3.58. The molecule has 1 aromatic carbocycles. The number of carboxylic acids is 1. The third-order valence-electron chi connectivity index (χ3n) is 5.66. The van der Waals surface area contributed by atoms with E-state index in [9.17, 15) is 26.9 Å². The third kappa shape index (κ3) is 6.59. The number of H-pyrrole nitrogens is 1. The largest absolute Gasteiger partial charge is 0.490 e. The summed E-state index contributed by atoms with van der Waals surface area (Å²) in [4.78, 5) is 20.8. The number of aliphatic carboxylic acids is 1. The Hall–Kier alpha value is -4.29.